The number of aromatic nitrogens is 1. The summed E-state index contributed by atoms with van der Waals surface area (Å²) in [6.07, 6.45) is 2.23. The number of rotatable bonds is 5. The highest BCUT2D eigenvalue weighted by atomic mass is 79.9. The van der Waals surface area contributed by atoms with Crippen LogP contribution in [0.1, 0.15) is 26.3 Å². The normalized spacial score (nSPS) is 10.1. The zero-order valence-corrected chi connectivity index (χ0v) is 12.6. The fraction of sp³-hybridized carbons (Fsp3) is 0.133. The number of pyridine rings is 1. The van der Waals surface area contributed by atoms with Crippen LogP contribution < -0.4 is 5.32 Å². The van der Waals surface area contributed by atoms with E-state index in [0.29, 0.717) is 23.1 Å². The molecule has 21 heavy (non-hydrogen) atoms. The van der Waals surface area contributed by atoms with E-state index in [1.54, 1.807) is 42.6 Å². The molecule has 0 bridgehead atoms. The lowest BCUT2D eigenvalue weighted by atomic mass is 10.1. The lowest BCUT2D eigenvalue weighted by Gasteiger charge is -2.06. The SMILES string of the molecule is O=C(O)c1ccc(CCNC(=O)c2cccnc2Br)cc1. The van der Waals surface area contributed by atoms with Crippen molar-refractivity contribution in [3.05, 3.63) is 63.9 Å². The van der Waals surface area contributed by atoms with Crippen molar-refractivity contribution in [3.63, 3.8) is 0 Å². The van der Waals surface area contributed by atoms with Gasteiger partial charge in [-0.25, -0.2) is 9.78 Å². The molecule has 2 N–H and O–H groups in total. The van der Waals surface area contributed by atoms with Crippen LogP contribution in [0.2, 0.25) is 0 Å². The molecule has 0 atom stereocenters. The summed E-state index contributed by atoms with van der Waals surface area (Å²) in [6, 6.07) is 9.98. The van der Waals surface area contributed by atoms with Crippen LogP contribution in [0.5, 0.6) is 0 Å². The number of nitrogens with zero attached hydrogens (tertiary/aromatic N) is 1. The van der Waals surface area contributed by atoms with Crippen LogP contribution in [0.25, 0.3) is 0 Å². The van der Waals surface area contributed by atoms with Crippen LogP contribution in [-0.2, 0) is 6.42 Å². The first kappa shape index (κ1) is 15.2. The van der Waals surface area contributed by atoms with Gasteiger partial charge >= 0.3 is 5.97 Å². The maximum atomic E-state index is 11.9. The zero-order valence-electron chi connectivity index (χ0n) is 11.0. The number of carboxylic acid groups (broad SMARTS) is 1. The molecular weight excluding hydrogens is 336 g/mol. The van der Waals surface area contributed by atoms with Crippen molar-refractivity contribution in [1.82, 2.24) is 10.3 Å². The fourth-order valence-electron chi connectivity index (χ4n) is 1.78. The lowest BCUT2D eigenvalue weighted by Crippen LogP contribution is -2.26. The number of halogens is 1. The molecule has 1 amide bonds. The van der Waals surface area contributed by atoms with Gasteiger partial charge in [-0.2, -0.15) is 0 Å². The molecule has 0 saturated heterocycles. The Hall–Kier alpha value is -2.21. The van der Waals surface area contributed by atoms with E-state index in [1.807, 2.05) is 0 Å². The van der Waals surface area contributed by atoms with Crippen LogP contribution in [-0.4, -0.2) is 28.5 Å². The van der Waals surface area contributed by atoms with E-state index in [4.69, 9.17) is 5.11 Å². The predicted octanol–water partition coefficient (Wildman–Crippen LogP) is 2.51. The third-order valence-corrected chi connectivity index (χ3v) is 3.54. The second-order valence-corrected chi connectivity index (χ2v) is 5.10. The number of nitrogens with one attached hydrogen (secondary N) is 1. The van der Waals surface area contributed by atoms with Gasteiger partial charge < -0.3 is 10.4 Å². The summed E-state index contributed by atoms with van der Waals surface area (Å²) < 4.78 is 0.508. The summed E-state index contributed by atoms with van der Waals surface area (Å²) in [4.78, 5) is 26.7. The van der Waals surface area contributed by atoms with Gasteiger partial charge in [0.15, 0.2) is 0 Å². The Morgan fingerprint density at radius 1 is 1.19 bits per heavy atom. The number of hydrogen-bond donors (Lipinski definition) is 2. The van der Waals surface area contributed by atoms with E-state index in [0.717, 1.165) is 5.56 Å². The van der Waals surface area contributed by atoms with Gasteiger partial charge in [0.2, 0.25) is 0 Å². The van der Waals surface area contributed by atoms with Crippen LogP contribution >= 0.6 is 15.9 Å². The maximum absolute atomic E-state index is 11.9. The molecule has 1 heterocycles. The van der Waals surface area contributed by atoms with Crippen molar-refractivity contribution in [2.45, 2.75) is 6.42 Å². The minimum Gasteiger partial charge on any atom is -0.478 e. The Labute approximate surface area is 130 Å². The Balaban J connectivity index is 1.88. The highest BCUT2D eigenvalue weighted by Gasteiger charge is 2.09. The van der Waals surface area contributed by atoms with Gasteiger partial charge in [-0.1, -0.05) is 12.1 Å². The number of carboxylic acids is 1. The van der Waals surface area contributed by atoms with Gasteiger partial charge in [-0.15, -0.1) is 0 Å². The van der Waals surface area contributed by atoms with Crippen molar-refractivity contribution < 1.29 is 14.7 Å². The minimum absolute atomic E-state index is 0.197. The van der Waals surface area contributed by atoms with Gasteiger partial charge in [0.05, 0.1) is 11.1 Å². The Morgan fingerprint density at radius 3 is 2.52 bits per heavy atom. The third-order valence-electron chi connectivity index (χ3n) is 2.90. The Bertz CT molecular complexity index is 656. The summed E-state index contributed by atoms with van der Waals surface area (Å²) in [7, 11) is 0. The van der Waals surface area contributed by atoms with Crippen LogP contribution in [0.4, 0.5) is 0 Å². The number of carbonyl (C=O) groups is 2. The van der Waals surface area contributed by atoms with Gasteiger partial charge in [0.1, 0.15) is 4.60 Å². The molecule has 1 aromatic carbocycles. The first-order valence-corrected chi connectivity index (χ1v) is 7.08. The standard InChI is InChI=1S/C15H13BrN2O3/c16-13-12(2-1-8-17-13)14(19)18-9-7-10-3-5-11(6-4-10)15(20)21/h1-6,8H,7,9H2,(H,18,19)(H,20,21). The number of hydrogen-bond acceptors (Lipinski definition) is 3. The van der Waals surface area contributed by atoms with E-state index < -0.39 is 5.97 Å². The average Bonchev–Trinajstić information content (AvgIpc) is 2.48. The number of benzene rings is 1. The second-order valence-electron chi connectivity index (χ2n) is 4.35. The van der Waals surface area contributed by atoms with Crippen LogP contribution in [0.15, 0.2) is 47.2 Å². The third kappa shape index (κ3) is 4.13. The lowest BCUT2D eigenvalue weighted by molar-refractivity contribution is 0.0696. The first-order chi connectivity index (χ1) is 10.1. The molecule has 0 saturated carbocycles. The molecule has 0 aliphatic carbocycles. The van der Waals surface area contributed by atoms with Crippen LogP contribution in [0.3, 0.4) is 0 Å². The smallest absolute Gasteiger partial charge is 0.335 e. The molecule has 2 rings (SSSR count). The maximum Gasteiger partial charge on any atom is 0.335 e. The topological polar surface area (TPSA) is 79.3 Å². The summed E-state index contributed by atoms with van der Waals surface area (Å²) >= 11 is 3.23. The molecule has 0 radical (unpaired) electrons. The molecule has 6 heteroatoms. The number of carbonyl (C=O) groups excluding carboxylic acids is 1. The molecule has 0 aliphatic rings. The highest BCUT2D eigenvalue weighted by Crippen LogP contribution is 2.12. The first-order valence-electron chi connectivity index (χ1n) is 6.29. The quantitative estimate of drug-likeness (QED) is 0.813. The van der Waals surface area contributed by atoms with Gasteiger partial charge in [0.25, 0.3) is 5.91 Å². The van der Waals surface area contributed by atoms with Crippen molar-refractivity contribution >= 4 is 27.8 Å². The molecular formula is C15H13BrN2O3. The predicted molar refractivity (Wildman–Crippen MR) is 81.4 cm³/mol. The van der Waals surface area contributed by atoms with E-state index in [9.17, 15) is 9.59 Å². The summed E-state index contributed by atoms with van der Waals surface area (Å²) in [5.41, 5.74) is 1.70. The number of amides is 1. The summed E-state index contributed by atoms with van der Waals surface area (Å²) in [6.45, 7) is 0.465. The molecule has 0 fully saturated rings. The molecule has 2 aromatic rings. The molecule has 0 unspecified atom stereocenters. The van der Waals surface area contributed by atoms with E-state index in [2.05, 4.69) is 26.2 Å². The molecule has 0 aliphatic heterocycles. The summed E-state index contributed by atoms with van der Waals surface area (Å²) in [5, 5.41) is 11.6. The molecule has 108 valence electrons. The Kier molecular flexibility index (Phi) is 5.05. The van der Waals surface area contributed by atoms with Gasteiger partial charge in [-0.05, 0) is 52.2 Å². The van der Waals surface area contributed by atoms with Crippen LogP contribution in [0, 0.1) is 0 Å². The molecule has 1 aromatic heterocycles. The monoisotopic (exact) mass is 348 g/mol. The van der Waals surface area contributed by atoms with E-state index in [1.165, 1.54) is 0 Å². The van der Waals surface area contributed by atoms with Gasteiger partial charge in [-0.3, -0.25) is 4.79 Å². The Morgan fingerprint density at radius 2 is 1.90 bits per heavy atom. The number of aromatic carboxylic acids is 1. The van der Waals surface area contributed by atoms with Crippen molar-refractivity contribution in [2.75, 3.05) is 6.54 Å². The van der Waals surface area contributed by atoms with Crippen molar-refractivity contribution in [1.29, 1.82) is 0 Å². The van der Waals surface area contributed by atoms with Crippen molar-refractivity contribution in [3.8, 4) is 0 Å². The average molecular weight is 349 g/mol. The highest BCUT2D eigenvalue weighted by molar-refractivity contribution is 9.10. The van der Waals surface area contributed by atoms with E-state index in [-0.39, 0.29) is 11.5 Å². The molecule has 0 spiro atoms. The summed E-state index contributed by atoms with van der Waals surface area (Å²) in [5.74, 6) is -1.14. The van der Waals surface area contributed by atoms with Gasteiger partial charge in [0, 0.05) is 12.7 Å². The molecule has 5 nitrogen and oxygen atoms in total. The van der Waals surface area contributed by atoms with E-state index >= 15 is 0 Å². The second kappa shape index (κ2) is 6.99. The largest absolute Gasteiger partial charge is 0.478 e. The van der Waals surface area contributed by atoms with Crippen molar-refractivity contribution in [2.24, 2.45) is 0 Å². The minimum atomic E-state index is -0.948. The zero-order chi connectivity index (χ0) is 15.2. The fourth-order valence-corrected chi connectivity index (χ4v) is 2.22.